The molecule has 1 saturated heterocycles. The number of aromatic nitrogens is 2. The molecule has 1 aliphatic rings. The number of likely N-dealkylation sites (tertiary alicyclic amines) is 1. The number of nitrogens with zero attached hydrogens (tertiary/aromatic N) is 3. The van der Waals surface area contributed by atoms with Crippen molar-refractivity contribution in [2.45, 2.75) is 19.3 Å². The zero-order valence-electron chi connectivity index (χ0n) is 18.5. The number of imidazole rings is 1. The highest BCUT2D eigenvalue weighted by Crippen LogP contribution is 2.26. The third kappa shape index (κ3) is 4.81. The van der Waals surface area contributed by atoms with Crippen LogP contribution in [0.1, 0.15) is 29.6 Å². The second kappa shape index (κ2) is 9.55. The summed E-state index contributed by atoms with van der Waals surface area (Å²) in [4.78, 5) is 19.4. The lowest BCUT2D eigenvalue weighted by Crippen LogP contribution is -2.37. The fraction of sp³-hybridized carbons (Fsp3) is 0.259. The third-order valence-corrected chi connectivity index (χ3v) is 6.28. The smallest absolute Gasteiger partial charge is 0.251 e. The predicted molar refractivity (Wildman–Crippen MR) is 129 cm³/mol. The number of carbonyl (C=O) groups excluding carboxylic acids is 1. The van der Waals surface area contributed by atoms with Crippen molar-refractivity contribution in [3.8, 4) is 16.8 Å². The molecule has 0 saturated carbocycles. The third-order valence-electron chi connectivity index (χ3n) is 6.28. The van der Waals surface area contributed by atoms with Gasteiger partial charge in [0, 0.05) is 18.7 Å². The molecule has 6 heteroatoms. The van der Waals surface area contributed by atoms with Gasteiger partial charge in [-0.3, -0.25) is 9.36 Å². The molecule has 2 heterocycles. The molecule has 5 rings (SSSR count). The van der Waals surface area contributed by atoms with Crippen molar-refractivity contribution in [2.24, 2.45) is 0 Å². The van der Waals surface area contributed by atoms with Crippen LogP contribution in [0.5, 0.6) is 0 Å². The second-order valence-electron chi connectivity index (χ2n) is 8.53. The summed E-state index contributed by atoms with van der Waals surface area (Å²) in [6, 6.07) is 20.1. The van der Waals surface area contributed by atoms with Crippen LogP contribution in [0, 0.1) is 5.82 Å². The lowest BCUT2D eigenvalue weighted by atomic mass is 10.0. The van der Waals surface area contributed by atoms with Crippen LogP contribution in [0.15, 0.2) is 73.1 Å². The predicted octanol–water partition coefficient (Wildman–Crippen LogP) is 5.05. The zero-order valence-corrected chi connectivity index (χ0v) is 18.5. The lowest BCUT2D eigenvalue weighted by molar-refractivity contribution is 0.0946. The van der Waals surface area contributed by atoms with Gasteiger partial charge in [-0.2, -0.15) is 0 Å². The Balaban J connectivity index is 1.26. The zero-order chi connectivity index (χ0) is 22.6. The van der Waals surface area contributed by atoms with Crippen molar-refractivity contribution >= 4 is 16.9 Å². The maximum Gasteiger partial charge on any atom is 0.251 e. The van der Waals surface area contributed by atoms with E-state index in [1.54, 1.807) is 12.4 Å². The summed E-state index contributed by atoms with van der Waals surface area (Å²) < 4.78 is 15.5. The average Bonchev–Trinajstić information content (AvgIpc) is 3.28. The van der Waals surface area contributed by atoms with E-state index in [0.717, 1.165) is 47.5 Å². The minimum Gasteiger partial charge on any atom is -0.351 e. The van der Waals surface area contributed by atoms with E-state index in [4.69, 9.17) is 0 Å². The fourth-order valence-corrected chi connectivity index (χ4v) is 4.45. The quantitative estimate of drug-likeness (QED) is 0.455. The van der Waals surface area contributed by atoms with Crippen molar-refractivity contribution < 1.29 is 9.18 Å². The monoisotopic (exact) mass is 442 g/mol. The van der Waals surface area contributed by atoms with E-state index in [1.807, 2.05) is 53.1 Å². The van der Waals surface area contributed by atoms with Gasteiger partial charge in [0.15, 0.2) is 0 Å². The first kappa shape index (κ1) is 21.3. The van der Waals surface area contributed by atoms with Crippen LogP contribution in [-0.2, 0) is 0 Å². The minimum absolute atomic E-state index is 0.0390. The molecular weight excluding hydrogens is 415 g/mol. The van der Waals surface area contributed by atoms with Gasteiger partial charge in [0.05, 0.1) is 16.7 Å². The Bertz CT molecular complexity index is 1260. The Morgan fingerprint density at radius 3 is 2.52 bits per heavy atom. The summed E-state index contributed by atoms with van der Waals surface area (Å²) in [7, 11) is 0. The molecule has 0 bridgehead atoms. The number of benzene rings is 3. The highest BCUT2D eigenvalue weighted by Gasteiger charge is 2.12. The van der Waals surface area contributed by atoms with E-state index in [1.165, 1.54) is 31.4 Å². The van der Waals surface area contributed by atoms with Gasteiger partial charge < -0.3 is 10.2 Å². The summed E-state index contributed by atoms with van der Waals surface area (Å²) in [5.74, 6) is -0.315. The number of piperidine rings is 1. The number of halogens is 1. The molecule has 4 aromatic rings. The van der Waals surface area contributed by atoms with Gasteiger partial charge in [-0.15, -0.1) is 0 Å². The van der Waals surface area contributed by atoms with Gasteiger partial charge in [-0.1, -0.05) is 30.7 Å². The van der Waals surface area contributed by atoms with Crippen molar-refractivity contribution in [3.05, 3.63) is 84.4 Å². The summed E-state index contributed by atoms with van der Waals surface area (Å²) >= 11 is 0. The molecule has 0 atom stereocenters. The van der Waals surface area contributed by atoms with Crippen molar-refractivity contribution in [2.75, 3.05) is 26.2 Å². The Morgan fingerprint density at radius 2 is 1.73 bits per heavy atom. The number of hydrogen-bond donors (Lipinski definition) is 1. The fourth-order valence-electron chi connectivity index (χ4n) is 4.45. The first-order valence-electron chi connectivity index (χ1n) is 11.5. The van der Waals surface area contributed by atoms with Crippen LogP contribution in [0.25, 0.3) is 27.8 Å². The lowest BCUT2D eigenvalue weighted by Gasteiger charge is -2.26. The van der Waals surface area contributed by atoms with Gasteiger partial charge in [0.25, 0.3) is 5.91 Å². The highest BCUT2D eigenvalue weighted by atomic mass is 19.1. The molecular formula is C27H27FN4O. The molecule has 168 valence electrons. The van der Waals surface area contributed by atoms with E-state index in [9.17, 15) is 9.18 Å². The molecule has 0 unspecified atom stereocenters. The van der Waals surface area contributed by atoms with Crippen LogP contribution in [-0.4, -0.2) is 46.5 Å². The average molecular weight is 443 g/mol. The molecule has 5 nitrogen and oxygen atoms in total. The Kier molecular flexibility index (Phi) is 6.17. The van der Waals surface area contributed by atoms with Crippen LogP contribution >= 0.6 is 0 Å². The second-order valence-corrected chi connectivity index (χ2v) is 8.53. The summed E-state index contributed by atoms with van der Waals surface area (Å²) in [6.45, 7) is 3.85. The number of carbonyl (C=O) groups is 1. The maximum atomic E-state index is 13.6. The summed E-state index contributed by atoms with van der Waals surface area (Å²) in [5, 5.41) is 3.03. The number of amides is 1. The molecule has 3 aromatic carbocycles. The van der Waals surface area contributed by atoms with E-state index in [2.05, 4.69) is 15.2 Å². The van der Waals surface area contributed by atoms with E-state index in [-0.39, 0.29) is 11.7 Å². The molecule has 33 heavy (non-hydrogen) atoms. The van der Waals surface area contributed by atoms with Crippen molar-refractivity contribution in [1.29, 1.82) is 0 Å². The first-order chi connectivity index (χ1) is 16.2. The van der Waals surface area contributed by atoms with Gasteiger partial charge in [0.2, 0.25) is 0 Å². The van der Waals surface area contributed by atoms with E-state index < -0.39 is 0 Å². The largest absolute Gasteiger partial charge is 0.351 e. The van der Waals surface area contributed by atoms with E-state index >= 15 is 0 Å². The number of nitrogens with one attached hydrogen (secondary N) is 1. The van der Waals surface area contributed by atoms with Crippen LogP contribution in [0.2, 0.25) is 0 Å². The van der Waals surface area contributed by atoms with E-state index in [0.29, 0.717) is 12.1 Å². The Labute approximate surface area is 192 Å². The molecule has 1 aromatic heterocycles. The highest BCUT2D eigenvalue weighted by molar-refractivity contribution is 5.94. The summed E-state index contributed by atoms with van der Waals surface area (Å²) in [6.07, 6.45) is 5.54. The normalized spacial score (nSPS) is 14.5. The van der Waals surface area contributed by atoms with Crippen molar-refractivity contribution in [3.63, 3.8) is 0 Å². The van der Waals surface area contributed by atoms with Crippen molar-refractivity contribution in [1.82, 2.24) is 19.8 Å². The topological polar surface area (TPSA) is 50.2 Å². The van der Waals surface area contributed by atoms with Gasteiger partial charge >= 0.3 is 0 Å². The summed E-state index contributed by atoms with van der Waals surface area (Å²) in [5.41, 5.74) is 5.17. The molecule has 0 spiro atoms. The van der Waals surface area contributed by atoms with Gasteiger partial charge in [-0.05, 0) is 79.5 Å². The molecule has 1 N–H and O–H groups in total. The molecule has 1 amide bonds. The SMILES string of the molecule is O=C(NCCN1CCCCC1)c1ccc(-c2ccc3c(c2)ncn3-c2cccc(F)c2)cc1. The number of hydrogen-bond acceptors (Lipinski definition) is 3. The van der Waals surface area contributed by atoms with Gasteiger partial charge in [0.1, 0.15) is 12.1 Å². The number of rotatable bonds is 6. The Hall–Kier alpha value is -3.51. The molecule has 0 aliphatic carbocycles. The molecule has 0 radical (unpaired) electrons. The molecule has 1 aliphatic heterocycles. The van der Waals surface area contributed by atoms with Crippen LogP contribution < -0.4 is 5.32 Å². The van der Waals surface area contributed by atoms with Crippen LogP contribution in [0.4, 0.5) is 4.39 Å². The van der Waals surface area contributed by atoms with Crippen LogP contribution in [0.3, 0.4) is 0 Å². The maximum absolute atomic E-state index is 13.6. The molecule has 1 fully saturated rings. The Morgan fingerprint density at radius 1 is 0.939 bits per heavy atom. The minimum atomic E-state index is -0.276. The standard InChI is InChI=1S/C27H27FN4O/c28-23-5-4-6-24(18-23)32-19-30-25-17-22(11-12-26(25)32)20-7-9-21(10-8-20)27(33)29-13-16-31-14-2-1-3-15-31/h4-12,17-19H,1-3,13-16H2,(H,29,33). The first-order valence-corrected chi connectivity index (χ1v) is 11.5. The number of fused-ring (bicyclic) bond motifs is 1. The van der Waals surface area contributed by atoms with Gasteiger partial charge in [-0.25, -0.2) is 9.37 Å².